The van der Waals surface area contributed by atoms with Crippen molar-refractivity contribution in [3.63, 3.8) is 0 Å². The van der Waals surface area contributed by atoms with Crippen LogP contribution in [0.1, 0.15) is 43.0 Å². The highest BCUT2D eigenvalue weighted by Gasteiger charge is 2.36. The smallest absolute Gasteiger partial charge is 0.173 e. The first-order chi connectivity index (χ1) is 17.2. The van der Waals surface area contributed by atoms with E-state index in [0.29, 0.717) is 29.8 Å². The fourth-order valence-corrected chi connectivity index (χ4v) is 5.51. The Morgan fingerprint density at radius 2 is 1.60 bits per heavy atom. The maximum atomic E-state index is 13.3. The van der Waals surface area contributed by atoms with Gasteiger partial charge in [-0.3, -0.25) is 14.3 Å². The lowest BCUT2D eigenvalue weighted by Crippen LogP contribution is -2.18. The number of carbonyl (C=O) groups is 2. The average molecular weight is 470 g/mol. The van der Waals surface area contributed by atoms with Gasteiger partial charge < -0.3 is 14.4 Å². The molecule has 0 amide bonds. The standard InChI is InChI=1S/C28H27N3O4/c32-13-5-12-31-23-9-4-2-7-20(23)28(29-31)27-25(34)16-24(33)26(27)21-17-30(18-10-14-35-15-11-18)22-8-3-1-6-19(21)22/h1-4,6-9,17-18,32H,5,10-16H2. The van der Waals surface area contributed by atoms with Crippen LogP contribution in [0.4, 0.5) is 0 Å². The predicted octanol–water partition coefficient (Wildman–Crippen LogP) is 4.18. The van der Waals surface area contributed by atoms with Crippen LogP contribution in [0.15, 0.2) is 54.7 Å². The van der Waals surface area contributed by atoms with Crippen molar-refractivity contribution in [1.29, 1.82) is 0 Å². The first-order valence-corrected chi connectivity index (χ1v) is 12.2. The van der Waals surface area contributed by atoms with Crippen LogP contribution < -0.4 is 0 Å². The van der Waals surface area contributed by atoms with Gasteiger partial charge in [-0.2, -0.15) is 5.10 Å². The molecule has 1 saturated heterocycles. The van der Waals surface area contributed by atoms with E-state index in [2.05, 4.69) is 16.8 Å². The molecule has 0 unspecified atom stereocenters. The number of allylic oxidation sites excluding steroid dienone is 2. The Labute approximate surface area is 202 Å². The first-order valence-electron chi connectivity index (χ1n) is 12.2. The molecule has 2 aliphatic rings. The summed E-state index contributed by atoms with van der Waals surface area (Å²) in [5.74, 6) is -0.348. The van der Waals surface area contributed by atoms with Crippen LogP contribution in [0.3, 0.4) is 0 Å². The molecule has 7 heteroatoms. The van der Waals surface area contributed by atoms with E-state index in [-0.39, 0.29) is 30.6 Å². The lowest BCUT2D eigenvalue weighted by atomic mass is 9.97. The van der Waals surface area contributed by atoms with E-state index < -0.39 is 0 Å². The van der Waals surface area contributed by atoms with E-state index in [4.69, 9.17) is 9.84 Å². The zero-order chi connectivity index (χ0) is 23.9. The van der Waals surface area contributed by atoms with Crippen LogP contribution in [0.5, 0.6) is 0 Å². The summed E-state index contributed by atoms with van der Waals surface area (Å²) in [6.07, 6.45) is 4.30. The third kappa shape index (κ3) is 3.63. The van der Waals surface area contributed by atoms with Crippen LogP contribution >= 0.6 is 0 Å². The van der Waals surface area contributed by atoms with Crippen molar-refractivity contribution in [3.8, 4) is 0 Å². The van der Waals surface area contributed by atoms with Gasteiger partial charge in [0.2, 0.25) is 0 Å². The molecule has 1 fully saturated rings. The molecule has 0 saturated carbocycles. The number of carbonyl (C=O) groups excluding carboxylic acids is 2. The highest BCUT2D eigenvalue weighted by molar-refractivity contribution is 6.52. The van der Waals surface area contributed by atoms with Crippen LogP contribution in [0.2, 0.25) is 0 Å². The summed E-state index contributed by atoms with van der Waals surface area (Å²) in [7, 11) is 0. The van der Waals surface area contributed by atoms with E-state index in [1.165, 1.54) is 0 Å². The average Bonchev–Trinajstić information content (AvgIpc) is 3.54. The van der Waals surface area contributed by atoms with Crippen molar-refractivity contribution < 1.29 is 19.4 Å². The number of rotatable bonds is 6. The summed E-state index contributed by atoms with van der Waals surface area (Å²) in [6.45, 7) is 2.02. The normalized spacial score (nSPS) is 17.4. The third-order valence-corrected chi connectivity index (χ3v) is 7.15. The molecular weight excluding hydrogens is 442 g/mol. The van der Waals surface area contributed by atoms with E-state index in [9.17, 15) is 14.7 Å². The Balaban J connectivity index is 1.59. The highest BCUT2D eigenvalue weighted by atomic mass is 16.5. The largest absolute Gasteiger partial charge is 0.396 e. The highest BCUT2D eigenvalue weighted by Crippen LogP contribution is 2.41. The van der Waals surface area contributed by atoms with Crippen molar-refractivity contribution in [2.45, 2.75) is 38.3 Å². The number of aliphatic hydroxyl groups is 1. The number of Topliss-reactive ketones (excluding diaryl/α,β-unsaturated/α-hetero) is 2. The number of aromatic nitrogens is 3. The summed E-state index contributed by atoms with van der Waals surface area (Å²) in [4.78, 5) is 26.6. The Hall–Kier alpha value is -3.55. The number of hydrogen-bond acceptors (Lipinski definition) is 5. The maximum Gasteiger partial charge on any atom is 0.173 e. The van der Waals surface area contributed by atoms with Gasteiger partial charge in [-0.05, 0) is 31.4 Å². The van der Waals surface area contributed by atoms with Gasteiger partial charge in [-0.1, -0.05) is 36.4 Å². The summed E-state index contributed by atoms with van der Waals surface area (Å²) in [5.41, 5.74) is 4.17. The van der Waals surface area contributed by atoms with Crippen molar-refractivity contribution >= 4 is 44.5 Å². The number of hydrogen-bond donors (Lipinski definition) is 1. The molecule has 6 rings (SSSR count). The molecule has 2 aromatic heterocycles. The lowest BCUT2D eigenvalue weighted by Gasteiger charge is -2.24. The maximum absolute atomic E-state index is 13.3. The first kappa shape index (κ1) is 21.9. The molecule has 0 atom stereocenters. The topological polar surface area (TPSA) is 86.4 Å². The number of nitrogens with zero attached hydrogens (tertiary/aromatic N) is 3. The molecule has 1 aliphatic carbocycles. The van der Waals surface area contributed by atoms with E-state index in [0.717, 1.165) is 53.4 Å². The van der Waals surface area contributed by atoms with Crippen LogP contribution in [0.25, 0.3) is 33.0 Å². The quantitative estimate of drug-likeness (QED) is 0.428. The summed E-state index contributed by atoms with van der Waals surface area (Å²) in [5, 5.41) is 15.9. The van der Waals surface area contributed by atoms with Gasteiger partial charge in [0, 0.05) is 66.0 Å². The molecule has 2 aromatic carbocycles. The molecule has 3 heterocycles. The number of aliphatic hydroxyl groups excluding tert-OH is 1. The summed E-state index contributed by atoms with van der Waals surface area (Å²) >= 11 is 0. The molecule has 0 bridgehead atoms. The number of para-hydroxylation sites is 2. The monoisotopic (exact) mass is 469 g/mol. The van der Waals surface area contributed by atoms with Gasteiger partial charge in [0.05, 0.1) is 17.5 Å². The molecule has 1 N–H and O–H groups in total. The Bertz CT molecular complexity index is 1490. The Morgan fingerprint density at radius 1 is 0.914 bits per heavy atom. The van der Waals surface area contributed by atoms with Crippen molar-refractivity contribution in [2.24, 2.45) is 0 Å². The second-order valence-corrected chi connectivity index (χ2v) is 9.25. The third-order valence-electron chi connectivity index (χ3n) is 7.15. The van der Waals surface area contributed by atoms with Gasteiger partial charge in [0.25, 0.3) is 0 Å². The number of aryl methyl sites for hydroxylation is 1. The fraction of sp³-hybridized carbons (Fsp3) is 0.321. The minimum Gasteiger partial charge on any atom is -0.396 e. The van der Waals surface area contributed by atoms with E-state index >= 15 is 0 Å². The Morgan fingerprint density at radius 3 is 2.37 bits per heavy atom. The predicted molar refractivity (Wildman–Crippen MR) is 134 cm³/mol. The fourth-order valence-electron chi connectivity index (χ4n) is 5.51. The number of ketones is 2. The van der Waals surface area contributed by atoms with Crippen LogP contribution in [-0.2, 0) is 20.9 Å². The molecule has 4 aromatic rings. The Kier molecular flexibility index (Phi) is 5.59. The van der Waals surface area contributed by atoms with Gasteiger partial charge in [-0.25, -0.2) is 0 Å². The second-order valence-electron chi connectivity index (χ2n) is 9.25. The van der Waals surface area contributed by atoms with Gasteiger partial charge in [0.1, 0.15) is 5.69 Å². The van der Waals surface area contributed by atoms with Crippen molar-refractivity contribution in [1.82, 2.24) is 14.3 Å². The second kappa shape index (κ2) is 8.91. The molecule has 0 radical (unpaired) electrons. The number of ether oxygens (including phenoxy) is 1. The van der Waals surface area contributed by atoms with Crippen molar-refractivity contribution in [3.05, 3.63) is 66.0 Å². The molecule has 178 valence electrons. The number of fused-ring (bicyclic) bond motifs is 2. The van der Waals surface area contributed by atoms with Crippen molar-refractivity contribution in [2.75, 3.05) is 19.8 Å². The molecular formula is C28H27N3O4. The van der Waals surface area contributed by atoms with Crippen LogP contribution in [0, 0.1) is 0 Å². The molecule has 1 aliphatic heterocycles. The van der Waals surface area contributed by atoms with Crippen LogP contribution in [-0.4, -0.2) is 50.8 Å². The summed E-state index contributed by atoms with van der Waals surface area (Å²) in [6, 6.07) is 16.1. The molecule has 35 heavy (non-hydrogen) atoms. The van der Waals surface area contributed by atoms with Gasteiger partial charge in [-0.15, -0.1) is 0 Å². The minimum atomic E-state index is -0.189. The molecule has 7 nitrogen and oxygen atoms in total. The zero-order valence-corrected chi connectivity index (χ0v) is 19.4. The van der Waals surface area contributed by atoms with E-state index in [1.807, 2.05) is 47.1 Å². The molecule has 0 spiro atoms. The summed E-state index contributed by atoms with van der Waals surface area (Å²) < 4.78 is 9.65. The van der Waals surface area contributed by atoms with Gasteiger partial charge in [0.15, 0.2) is 11.6 Å². The minimum absolute atomic E-state index is 0.0561. The SMILES string of the molecule is O=C1CC(=O)C(c2nn(CCCO)c3ccccc23)=C1c1cn(C2CCOCC2)c2ccccc12. The lowest BCUT2D eigenvalue weighted by molar-refractivity contribution is -0.119. The van der Waals surface area contributed by atoms with E-state index in [1.54, 1.807) is 0 Å². The zero-order valence-electron chi connectivity index (χ0n) is 19.4. The van der Waals surface area contributed by atoms with Gasteiger partial charge >= 0.3 is 0 Å². The number of benzene rings is 2.